The number of nitrogens with zero attached hydrogens (tertiary/aromatic N) is 3. The molecule has 1 fully saturated rings. The highest BCUT2D eigenvalue weighted by atomic mass is 16.4. The van der Waals surface area contributed by atoms with Gasteiger partial charge in [-0.3, -0.25) is 9.69 Å². The molecule has 0 bridgehead atoms. The van der Waals surface area contributed by atoms with Crippen molar-refractivity contribution in [1.29, 1.82) is 0 Å². The van der Waals surface area contributed by atoms with E-state index in [2.05, 4.69) is 46.3 Å². The van der Waals surface area contributed by atoms with Crippen molar-refractivity contribution in [3.8, 4) is 0 Å². The molecule has 1 saturated heterocycles. The molecule has 1 aliphatic heterocycles. The maximum Gasteiger partial charge on any atom is 0.231 e. The van der Waals surface area contributed by atoms with Crippen LogP contribution in [-0.2, 0) is 16.8 Å². The summed E-state index contributed by atoms with van der Waals surface area (Å²) in [5.41, 5.74) is 5.20. The lowest BCUT2D eigenvalue weighted by atomic mass is 9.94. The highest BCUT2D eigenvalue weighted by molar-refractivity contribution is 5.80. The molecule has 0 spiro atoms. The third-order valence-corrected chi connectivity index (χ3v) is 4.32. The molecule has 1 aliphatic rings. The van der Waals surface area contributed by atoms with E-state index in [9.17, 15) is 4.79 Å². The van der Waals surface area contributed by atoms with Crippen LogP contribution in [0.2, 0.25) is 0 Å². The van der Waals surface area contributed by atoms with Crippen molar-refractivity contribution in [2.24, 2.45) is 10.7 Å². The van der Waals surface area contributed by atoms with Crippen LogP contribution in [0.25, 0.3) is 0 Å². The molecule has 8 heteroatoms. The molecule has 0 saturated carbocycles. The van der Waals surface area contributed by atoms with Crippen LogP contribution in [0.4, 0.5) is 0 Å². The molecule has 2 rings (SSSR count). The molecule has 0 unspecified atom stereocenters. The van der Waals surface area contributed by atoms with Gasteiger partial charge in [-0.1, -0.05) is 20.8 Å². The lowest BCUT2D eigenvalue weighted by Crippen LogP contribution is -2.49. The van der Waals surface area contributed by atoms with E-state index in [1.165, 1.54) is 0 Å². The van der Waals surface area contributed by atoms with Gasteiger partial charge < -0.3 is 20.8 Å². The van der Waals surface area contributed by atoms with Gasteiger partial charge in [0.15, 0.2) is 5.96 Å². The van der Waals surface area contributed by atoms with E-state index in [1.807, 2.05) is 6.92 Å². The minimum absolute atomic E-state index is 0.0589. The number of rotatable bonds is 6. The second-order valence-corrected chi connectivity index (χ2v) is 7.72. The minimum Gasteiger partial charge on any atom is -0.443 e. The van der Waals surface area contributed by atoms with E-state index >= 15 is 0 Å². The molecule has 146 valence electrons. The lowest BCUT2D eigenvalue weighted by molar-refractivity contribution is -0.119. The lowest BCUT2D eigenvalue weighted by Gasteiger charge is -2.32. The van der Waals surface area contributed by atoms with E-state index < -0.39 is 0 Å². The number of guanidine groups is 1. The van der Waals surface area contributed by atoms with Crippen LogP contribution in [0.5, 0.6) is 0 Å². The Morgan fingerprint density at radius 2 is 2.12 bits per heavy atom. The van der Waals surface area contributed by atoms with Crippen LogP contribution >= 0.6 is 0 Å². The Bertz CT molecular complexity index is 611. The highest BCUT2D eigenvalue weighted by Gasteiger charge is 2.21. The van der Waals surface area contributed by atoms with Gasteiger partial charge in [0, 0.05) is 31.1 Å². The SMILES string of the molecule is CCNC(=NCc1ncc(C(C)(C)C)o1)NC1CCN(CC(N)=O)CC1. The van der Waals surface area contributed by atoms with Gasteiger partial charge >= 0.3 is 0 Å². The first kappa shape index (κ1) is 20.2. The topological polar surface area (TPSA) is 109 Å². The average molecular weight is 364 g/mol. The Labute approximate surface area is 155 Å². The third kappa shape index (κ3) is 6.33. The Morgan fingerprint density at radius 3 is 2.65 bits per heavy atom. The number of amides is 1. The first-order valence-electron chi connectivity index (χ1n) is 9.28. The standard InChI is InChI=1S/C18H32N6O2/c1-5-20-17(22-11-16-21-10-14(26-16)18(2,3)4)23-13-6-8-24(9-7-13)12-15(19)25/h10,13H,5-9,11-12H2,1-4H3,(H2,19,25)(H2,20,22,23). The number of aliphatic imine (C=N–C) groups is 1. The second-order valence-electron chi connectivity index (χ2n) is 7.72. The zero-order valence-electron chi connectivity index (χ0n) is 16.3. The molecule has 0 aliphatic carbocycles. The zero-order valence-corrected chi connectivity index (χ0v) is 16.3. The molecule has 8 nitrogen and oxygen atoms in total. The van der Waals surface area contributed by atoms with E-state index in [-0.39, 0.29) is 11.3 Å². The van der Waals surface area contributed by atoms with Gasteiger partial charge in [-0.15, -0.1) is 0 Å². The number of aromatic nitrogens is 1. The number of oxazole rings is 1. The maximum absolute atomic E-state index is 11.0. The molecule has 1 aromatic heterocycles. The molecule has 0 atom stereocenters. The summed E-state index contributed by atoms with van der Waals surface area (Å²) in [4.78, 5) is 22.0. The summed E-state index contributed by atoms with van der Waals surface area (Å²) in [6.07, 6.45) is 3.68. The van der Waals surface area contributed by atoms with Crippen molar-refractivity contribution in [3.05, 3.63) is 17.8 Å². The fraction of sp³-hybridized carbons (Fsp3) is 0.722. The van der Waals surface area contributed by atoms with E-state index in [1.54, 1.807) is 6.20 Å². The van der Waals surface area contributed by atoms with Gasteiger partial charge in [0.25, 0.3) is 0 Å². The molecule has 2 heterocycles. The summed E-state index contributed by atoms with van der Waals surface area (Å²) in [5.74, 6) is 1.97. The van der Waals surface area contributed by atoms with Crippen LogP contribution < -0.4 is 16.4 Å². The number of carbonyl (C=O) groups excluding carboxylic acids is 1. The van der Waals surface area contributed by atoms with Gasteiger partial charge in [0.2, 0.25) is 11.8 Å². The fourth-order valence-corrected chi connectivity index (χ4v) is 2.85. The summed E-state index contributed by atoms with van der Waals surface area (Å²) < 4.78 is 5.79. The van der Waals surface area contributed by atoms with E-state index in [0.29, 0.717) is 25.0 Å². The second kappa shape index (κ2) is 9.02. The van der Waals surface area contributed by atoms with Crippen molar-refractivity contribution >= 4 is 11.9 Å². The number of likely N-dealkylation sites (tertiary alicyclic amines) is 1. The number of hydrogen-bond donors (Lipinski definition) is 3. The van der Waals surface area contributed by atoms with Gasteiger partial charge in [-0.25, -0.2) is 9.98 Å². The van der Waals surface area contributed by atoms with Crippen molar-refractivity contribution in [2.75, 3.05) is 26.2 Å². The van der Waals surface area contributed by atoms with Crippen molar-refractivity contribution < 1.29 is 9.21 Å². The molecule has 4 N–H and O–H groups in total. The summed E-state index contributed by atoms with van der Waals surface area (Å²) in [6, 6.07) is 0.326. The zero-order chi connectivity index (χ0) is 19.2. The maximum atomic E-state index is 11.0. The van der Waals surface area contributed by atoms with E-state index in [0.717, 1.165) is 44.2 Å². The molecule has 0 aromatic carbocycles. The Morgan fingerprint density at radius 1 is 1.42 bits per heavy atom. The van der Waals surface area contributed by atoms with Crippen LogP contribution in [-0.4, -0.2) is 54.0 Å². The smallest absolute Gasteiger partial charge is 0.231 e. The van der Waals surface area contributed by atoms with Crippen molar-refractivity contribution in [1.82, 2.24) is 20.5 Å². The quantitative estimate of drug-likeness (QED) is 0.513. The fourth-order valence-electron chi connectivity index (χ4n) is 2.85. The average Bonchev–Trinajstić information content (AvgIpc) is 3.03. The van der Waals surface area contributed by atoms with Gasteiger partial charge in [-0.2, -0.15) is 0 Å². The van der Waals surface area contributed by atoms with Gasteiger partial charge in [0.1, 0.15) is 12.3 Å². The Balaban J connectivity index is 1.89. The third-order valence-electron chi connectivity index (χ3n) is 4.32. The summed E-state index contributed by atoms with van der Waals surface area (Å²) in [6.45, 7) is 11.5. The molecular weight excluding hydrogens is 332 g/mol. The number of primary amides is 1. The predicted molar refractivity (Wildman–Crippen MR) is 102 cm³/mol. The summed E-state index contributed by atoms with van der Waals surface area (Å²) in [5, 5.41) is 6.73. The number of piperidine rings is 1. The number of nitrogens with two attached hydrogens (primary N) is 1. The van der Waals surface area contributed by atoms with Crippen molar-refractivity contribution in [3.63, 3.8) is 0 Å². The molecule has 26 heavy (non-hydrogen) atoms. The molecule has 1 aromatic rings. The molecule has 0 radical (unpaired) electrons. The summed E-state index contributed by atoms with van der Waals surface area (Å²) >= 11 is 0. The molecular formula is C18H32N6O2. The number of carbonyl (C=O) groups is 1. The van der Waals surface area contributed by atoms with Crippen LogP contribution in [0.15, 0.2) is 15.6 Å². The predicted octanol–water partition coefficient (Wildman–Crippen LogP) is 0.977. The number of nitrogens with one attached hydrogen (secondary N) is 2. The summed E-state index contributed by atoms with van der Waals surface area (Å²) in [7, 11) is 0. The first-order valence-corrected chi connectivity index (χ1v) is 9.28. The number of hydrogen-bond acceptors (Lipinski definition) is 5. The van der Waals surface area contributed by atoms with Crippen LogP contribution in [0.3, 0.4) is 0 Å². The Hall–Kier alpha value is -2.09. The molecule has 1 amide bonds. The van der Waals surface area contributed by atoms with E-state index in [4.69, 9.17) is 10.2 Å². The first-order chi connectivity index (χ1) is 12.3. The van der Waals surface area contributed by atoms with Crippen LogP contribution in [0.1, 0.15) is 52.2 Å². The van der Waals surface area contributed by atoms with Gasteiger partial charge in [-0.05, 0) is 19.8 Å². The Kier molecular flexibility index (Phi) is 7.02. The van der Waals surface area contributed by atoms with Crippen LogP contribution in [0, 0.1) is 0 Å². The highest BCUT2D eigenvalue weighted by Crippen LogP contribution is 2.22. The monoisotopic (exact) mass is 364 g/mol. The largest absolute Gasteiger partial charge is 0.443 e. The normalized spacial score (nSPS) is 17.3. The minimum atomic E-state index is -0.271. The van der Waals surface area contributed by atoms with Gasteiger partial charge in [0.05, 0.1) is 12.7 Å². The van der Waals surface area contributed by atoms with Crippen molar-refractivity contribution in [2.45, 2.75) is 58.5 Å².